The monoisotopic (exact) mass is 250 g/mol. The third kappa shape index (κ3) is 2.05. The molecule has 2 aliphatic heterocycles. The molecule has 3 nitrogen and oxygen atoms in total. The van der Waals surface area contributed by atoms with E-state index in [0.29, 0.717) is 12.0 Å². The lowest BCUT2D eigenvalue weighted by Crippen LogP contribution is -2.37. The first-order valence-electron chi connectivity index (χ1n) is 6.56. The smallest absolute Gasteiger partial charge is 0.123 e. The summed E-state index contributed by atoms with van der Waals surface area (Å²) in [5, 5.41) is 0. The van der Waals surface area contributed by atoms with Gasteiger partial charge in [-0.2, -0.15) is 0 Å². The summed E-state index contributed by atoms with van der Waals surface area (Å²) in [6.07, 6.45) is 3.93. The first kappa shape index (κ1) is 12.1. The van der Waals surface area contributed by atoms with Crippen molar-refractivity contribution in [1.82, 2.24) is 5.43 Å². The molecule has 2 aliphatic rings. The van der Waals surface area contributed by atoms with Crippen LogP contribution in [0.15, 0.2) is 18.2 Å². The molecule has 0 aliphatic carbocycles. The minimum absolute atomic E-state index is 0.0188. The Kier molecular flexibility index (Phi) is 3.09. The maximum atomic E-state index is 13.5. The van der Waals surface area contributed by atoms with E-state index >= 15 is 0 Å². The third-order valence-corrected chi connectivity index (χ3v) is 4.18. The topological polar surface area (TPSA) is 47.3 Å². The minimum Gasteiger partial charge on any atom is -0.375 e. The van der Waals surface area contributed by atoms with Gasteiger partial charge in [-0.15, -0.1) is 0 Å². The quantitative estimate of drug-likeness (QED) is 0.638. The molecule has 1 aromatic carbocycles. The first-order chi connectivity index (χ1) is 8.67. The van der Waals surface area contributed by atoms with Crippen LogP contribution in [0.4, 0.5) is 4.39 Å². The Bertz CT molecular complexity index is 431. The standard InChI is InChI=1S/C14H19FN2O/c1-8-4-9(6-10(15)5-8)14(17-16)12-7-11-2-3-13(12)18-11/h4-6,11-14,17H,2-3,7,16H2,1H3. The lowest BCUT2D eigenvalue weighted by molar-refractivity contribution is 0.0856. The van der Waals surface area contributed by atoms with Gasteiger partial charge in [0, 0.05) is 5.92 Å². The normalized spacial score (nSPS) is 31.8. The highest BCUT2D eigenvalue weighted by molar-refractivity contribution is 5.27. The van der Waals surface area contributed by atoms with E-state index in [1.54, 1.807) is 6.07 Å². The van der Waals surface area contributed by atoms with Gasteiger partial charge in [0.05, 0.1) is 18.2 Å². The molecule has 2 heterocycles. The zero-order valence-electron chi connectivity index (χ0n) is 10.5. The molecular formula is C14H19FN2O. The lowest BCUT2D eigenvalue weighted by Gasteiger charge is -2.28. The van der Waals surface area contributed by atoms with Crippen molar-refractivity contribution in [2.24, 2.45) is 11.8 Å². The highest BCUT2D eigenvalue weighted by Gasteiger charge is 2.44. The number of hydrazine groups is 1. The zero-order valence-corrected chi connectivity index (χ0v) is 10.5. The predicted octanol–water partition coefficient (Wildman–Crippen LogP) is 2.21. The summed E-state index contributed by atoms with van der Waals surface area (Å²) < 4.78 is 19.4. The van der Waals surface area contributed by atoms with Crippen LogP contribution in [0.3, 0.4) is 0 Å². The highest BCUT2D eigenvalue weighted by Crippen LogP contribution is 2.44. The number of fused-ring (bicyclic) bond motifs is 2. The molecule has 0 spiro atoms. The van der Waals surface area contributed by atoms with Gasteiger partial charge in [0.2, 0.25) is 0 Å². The van der Waals surface area contributed by atoms with Crippen molar-refractivity contribution >= 4 is 0 Å². The molecular weight excluding hydrogens is 231 g/mol. The Hall–Kier alpha value is -0.970. The number of nitrogens with one attached hydrogen (secondary N) is 1. The van der Waals surface area contributed by atoms with Gasteiger partial charge in [0.15, 0.2) is 0 Å². The van der Waals surface area contributed by atoms with E-state index < -0.39 is 0 Å². The second-order valence-corrected chi connectivity index (χ2v) is 5.48. The summed E-state index contributed by atoms with van der Waals surface area (Å²) in [5.41, 5.74) is 4.71. The number of hydrogen-bond acceptors (Lipinski definition) is 3. The van der Waals surface area contributed by atoms with Crippen LogP contribution >= 0.6 is 0 Å². The molecule has 4 unspecified atom stereocenters. The van der Waals surface area contributed by atoms with Gasteiger partial charge in [-0.3, -0.25) is 11.3 Å². The maximum Gasteiger partial charge on any atom is 0.123 e. The largest absolute Gasteiger partial charge is 0.375 e. The number of ether oxygens (including phenoxy) is 1. The number of halogens is 1. The van der Waals surface area contributed by atoms with Crippen LogP contribution in [0, 0.1) is 18.7 Å². The summed E-state index contributed by atoms with van der Waals surface area (Å²) >= 11 is 0. The maximum absolute atomic E-state index is 13.5. The summed E-state index contributed by atoms with van der Waals surface area (Å²) in [4.78, 5) is 0. The first-order valence-corrected chi connectivity index (χ1v) is 6.56. The van der Waals surface area contributed by atoms with Crippen molar-refractivity contribution in [3.63, 3.8) is 0 Å². The number of hydrogen-bond donors (Lipinski definition) is 2. The van der Waals surface area contributed by atoms with Crippen molar-refractivity contribution in [2.75, 3.05) is 0 Å². The molecule has 0 aromatic heterocycles. The van der Waals surface area contributed by atoms with Gasteiger partial charge in [-0.25, -0.2) is 4.39 Å². The van der Waals surface area contributed by atoms with Crippen LogP contribution in [0.25, 0.3) is 0 Å². The Labute approximate surface area is 106 Å². The average molecular weight is 250 g/mol. The molecule has 98 valence electrons. The van der Waals surface area contributed by atoms with E-state index in [1.165, 1.54) is 6.07 Å². The highest BCUT2D eigenvalue weighted by atomic mass is 19.1. The molecule has 0 radical (unpaired) electrons. The van der Waals surface area contributed by atoms with E-state index in [1.807, 2.05) is 13.0 Å². The van der Waals surface area contributed by atoms with Crippen LogP contribution in [0.2, 0.25) is 0 Å². The molecule has 0 amide bonds. The minimum atomic E-state index is -0.200. The number of benzene rings is 1. The molecule has 1 aromatic rings. The van der Waals surface area contributed by atoms with E-state index in [2.05, 4.69) is 5.43 Å². The Morgan fingerprint density at radius 3 is 2.78 bits per heavy atom. The fraction of sp³-hybridized carbons (Fsp3) is 0.571. The second-order valence-electron chi connectivity index (χ2n) is 5.48. The predicted molar refractivity (Wildman–Crippen MR) is 67.2 cm³/mol. The number of nitrogens with two attached hydrogens (primary N) is 1. The molecule has 3 rings (SSSR count). The van der Waals surface area contributed by atoms with Gasteiger partial charge in [0.25, 0.3) is 0 Å². The van der Waals surface area contributed by atoms with Gasteiger partial charge >= 0.3 is 0 Å². The summed E-state index contributed by atoms with van der Waals surface area (Å²) in [5.74, 6) is 5.85. The lowest BCUT2D eigenvalue weighted by atomic mass is 9.81. The summed E-state index contributed by atoms with van der Waals surface area (Å²) in [7, 11) is 0. The van der Waals surface area contributed by atoms with Crippen LogP contribution in [0.1, 0.15) is 36.4 Å². The van der Waals surface area contributed by atoms with Gasteiger partial charge < -0.3 is 4.74 Å². The van der Waals surface area contributed by atoms with E-state index in [9.17, 15) is 4.39 Å². The molecule has 2 saturated heterocycles. The average Bonchev–Trinajstić information content (AvgIpc) is 2.90. The van der Waals surface area contributed by atoms with Gasteiger partial charge in [-0.1, -0.05) is 6.07 Å². The van der Waals surface area contributed by atoms with Crippen molar-refractivity contribution in [3.8, 4) is 0 Å². The fourth-order valence-corrected chi connectivity index (χ4v) is 3.44. The summed E-state index contributed by atoms with van der Waals surface area (Å²) in [6, 6.07) is 5.09. The molecule has 4 heteroatoms. The van der Waals surface area contributed by atoms with Crippen molar-refractivity contribution in [1.29, 1.82) is 0 Å². The van der Waals surface area contributed by atoms with Gasteiger partial charge in [0.1, 0.15) is 5.82 Å². The SMILES string of the molecule is Cc1cc(F)cc(C(NN)C2CC3CCC2O3)c1. The Morgan fingerprint density at radius 1 is 1.39 bits per heavy atom. The zero-order chi connectivity index (χ0) is 12.7. The molecule has 2 fully saturated rings. The van der Waals surface area contributed by atoms with E-state index in [-0.39, 0.29) is 18.0 Å². The van der Waals surface area contributed by atoms with Crippen LogP contribution < -0.4 is 11.3 Å². The molecule has 3 N–H and O–H groups in total. The van der Waals surface area contributed by atoms with E-state index in [0.717, 1.165) is 30.4 Å². The Morgan fingerprint density at radius 2 is 2.22 bits per heavy atom. The number of rotatable bonds is 3. The van der Waals surface area contributed by atoms with Crippen molar-refractivity contribution in [2.45, 2.75) is 44.4 Å². The Balaban J connectivity index is 1.87. The summed E-state index contributed by atoms with van der Waals surface area (Å²) in [6.45, 7) is 1.90. The molecule has 18 heavy (non-hydrogen) atoms. The fourth-order valence-electron chi connectivity index (χ4n) is 3.44. The van der Waals surface area contributed by atoms with E-state index in [4.69, 9.17) is 10.6 Å². The van der Waals surface area contributed by atoms with Crippen molar-refractivity contribution in [3.05, 3.63) is 35.1 Å². The van der Waals surface area contributed by atoms with Crippen molar-refractivity contribution < 1.29 is 9.13 Å². The van der Waals surface area contributed by atoms with Crippen LogP contribution in [0.5, 0.6) is 0 Å². The van der Waals surface area contributed by atoms with Gasteiger partial charge in [-0.05, 0) is 49.4 Å². The van der Waals surface area contributed by atoms with Crippen LogP contribution in [-0.2, 0) is 4.74 Å². The third-order valence-electron chi connectivity index (χ3n) is 4.18. The van der Waals surface area contributed by atoms with Crippen LogP contribution in [-0.4, -0.2) is 12.2 Å². The number of aryl methyl sites for hydroxylation is 1. The second kappa shape index (κ2) is 4.61. The molecule has 0 saturated carbocycles. The molecule has 2 bridgehead atoms. The molecule has 4 atom stereocenters.